The highest BCUT2D eigenvalue weighted by atomic mass is 79.9. The molecule has 0 radical (unpaired) electrons. The van der Waals surface area contributed by atoms with Gasteiger partial charge in [0.2, 0.25) is 0 Å². The van der Waals surface area contributed by atoms with Crippen molar-refractivity contribution >= 4 is 44.3 Å². The minimum absolute atomic E-state index is 0.157. The van der Waals surface area contributed by atoms with Gasteiger partial charge in [-0.05, 0) is 46.6 Å². The van der Waals surface area contributed by atoms with Crippen molar-refractivity contribution in [3.05, 3.63) is 77.1 Å². The maximum absolute atomic E-state index is 12.4. The van der Waals surface area contributed by atoms with E-state index in [9.17, 15) is 9.90 Å². The number of halogens is 1. The van der Waals surface area contributed by atoms with E-state index in [0.717, 1.165) is 15.7 Å². The molecular weight excluding hydrogens is 486 g/mol. The van der Waals surface area contributed by atoms with E-state index < -0.39 is 0 Å². The van der Waals surface area contributed by atoms with Crippen molar-refractivity contribution in [3.63, 3.8) is 0 Å². The van der Waals surface area contributed by atoms with Crippen LogP contribution in [-0.2, 0) is 0 Å². The van der Waals surface area contributed by atoms with Gasteiger partial charge in [-0.15, -0.1) is 0 Å². The van der Waals surface area contributed by atoms with Gasteiger partial charge >= 0.3 is 0 Å². The molecule has 0 aliphatic rings. The predicted molar refractivity (Wildman–Crippen MR) is 129 cm³/mol. The molecular formula is C24H20BrN5O3. The Morgan fingerprint density at radius 2 is 1.91 bits per heavy atom. The van der Waals surface area contributed by atoms with Gasteiger partial charge in [-0.1, -0.05) is 30.3 Å². The molecule has 166 valence electrons. The summed E-state index contributed by atoms with van der Waals surface area (Å²) < 4.78 is 8.05. The van der Waals surface area contributed by atoms with Crippen LogP contribution in [0.25, 0.3) is 27.9 Å². The predicted octanol–water partition coefficient (Wildman–Crippen LogP) is 4.84. The van der Waals surface area contributed by atoms with E-state index in [4.69, 9.17) is 4.42 Å². The summed E-state index contributed by atoms with van der Waals surface area (Å²) >= 11 is 3.48. The van der Waals surface area contributed by atoms with Crippen molar-refractivity contribution in [2.75, 3.05) is 18.4 Å². The molecule has 3 heterocycles. The van der Waals surface area contributed by atoms with Gasteiger partial charge in [0.1, 0.15) is 17.2 Å². The number of aromatic hydroxyl groups is 1. The molecule has 0 aliphatic carbocycles. The fraction of sp³-hybridized carbons (Fsp3) is 0.125. The van der Waals surface area contributed by atoms with Crippen molar-refractivity contribution in [2.24, 2.45) is 0 Å². The Hall–Kier alpha value is -3.85. The summed E-state index contributed by atoms with van der Waals surface area (Å²) in [5, 5.41) is 21.7. The van der Waals surface area contributed by atoms with Crippen molar-refractivity contribution in [3.8, 4) is 17.0 Å². The fourth-order valence-electron chi connectivity index (χ4n) is 3.58. The first-order chi connectivity index (χ1) is 16.1. The molecule has 33 heavy (non-hydrogen) atoms. The van der Waals surface area contributed by atoms with Crippen LogP contribution >= 0.6 is 15.9 Å². The number of fused-ring (bicyclic) bond motifs is 2. The lowest BCUT2D eigenvalue weighted by Gasteiger charge is -2.12. The molecule has 8 nitrogen and oxygen atoms in total. The molecule has 9 heteroatoms. The van der Waals surface area contributed by atoms with Crippen LogP contribution < -0.4 is 10.6 Å². The van der Waals surface area contributed by atoms with Gasteiger partial charge in [0, 0.05) is 30.1 Å². The zero-order valence-electron chi connectivity index (χ0n) is 17.5. The average Bonchev–Trinajstić information content (AvgIpc) is 3.43. The number of benzene rings is 2. The van der Waals surface area contributed by atoms with Crippen molar-refractivity contribution in [1.29, 1.82) is 0 Å². The lowest BCUT2D eigenvalue weighted by Crippen LogP contribution is -2.25. The van der Waals surface area contributed by atoms with Crippen LogP contribution in [0.2, 0.25) is 0 Å². The lowest BCUT2D eigenvalue weighted by molar-refractivity contribution is 0.0928. The topological polar surface area (TPSA) is 105 Å². The van der Waals surface area contributed by atoms with E-state index in [1.807, 2.05) is 42.5 Å². The highest BCUT2D eigenvalue weighted by Gasteiger charge is 2.14. The second kappa shape index (κ2) is 8.95. The second-order valence-electron chi connectivity index (χ2n) is 7.46. The molecule has 0 aliphatic heterocycles. The van der Waals surface area contributed by atoms with Crippen LogP contribution in [0.4, 0.5) is 5.82 Å². The van der Waals surface area contributed by atoms with Crippen LogP contribution in [0.5, 0.6) is 5.75 Å². The van der Waals surface area contributed by atoms with Gasteiger partial charge in [0.15, 0.2) is 11.4 Å². The lowest BCUT2D eigenvalue weighted by atomic mass is 10.1. The molecule has 2 aromatic carbocycles. The molecule has 0 bridgehead atoms. The zero-order valence-corrected chi connectivity index (χ0v) is 19.0. The Morgan fingerprint density at radius 3 is 2.76 bits per heavy atom. The number of hydrogen-bond donors (Lipinski definition) is 3. The van der Waals surface area contributed by atoms with Crippen LogP contribution in [0.1, 0.15) is 17.0 Å². The largest absolute Gasteiger partial charge is 0.507 e. The standard InChI is InChI=1S/C24H20BrN5O3/c25-17-14-28-30-22(13-18(29-23(17)30)16-7-2-3-8-19(16)31)26-10-5-11-27-24(32)21-12-15-6-1-4-9-20(15)33-21/h1-4,6-9,12-14,26,31H,5,10-11H2,(H,27,32). The monoisotopic (exact) mass is 505 g/mol. The number of carbonyl (C=O) groups is 1. The third-order valence-electron chi connectivity index (χ3n) is 5.20. The zero-order chi connectivity index (χ0) is 22.8. The average molecular weight is 506 g/mol. The number of para-hydroxylation sites is 2. The number of carbonyl (C=O) groups excluding carboxylic acids is 1. The van der Waals surface area contributed by atoms with E-state index in [1.165, 1.54) is 0 Å². The first-order valence-electron chi connectivity index (χ1n) is 10.4. The normalized spacial score (nSPS) is 11.2. The molecule has 0 fully saturated rings. The molecule has 0 spiro atoms. The van der Waals surface area contributed by atoms with Gasteiger partial charge in [-0.25, -0.2) is 4.98 Å². The number of anilines is 1. The van der Waals surface area contributed by atoms with E-state index in [1.54, 1.807) is 28.9 Å². The minimum Gasteiger partial charge on any atom is -0.507 e. The van der Waals surface area contributed by atoms with Crippen LogP contribution in [0, 0.1) is 0 Å². The fourth-order valence-corrected chi connectivity index (χ4v) is 3.93. The number of hydrogen-bond acceptors (Lipinski definition) is 6. The first kappa shape index (κ1) is 21.0. The summed E-state index contributed by atoms with van der Waals surface area (Å²) in [6.07, 6.45) is 2.36. The van der Waals surface area contributed by atoms with Gasteiger partial charge < -0.3 is 20.2 Å². The first-order valence-corrected chi connectivity index (χ1v) is 11.2. The Morgan fingerprint density at radius 1 is 1.09 bits per heavy atom. The highest BCUT2D eigenvalue weighted by molar-refractivity contribution is 9.10. The molecule has 0 atom stereocenters. The molecule has 0 unspecified atom stereocenters. The Kier molecular flexibility index (Phi) is 5.70. The summed E-state index contributed by atoms with van der Waals surface area (Å²) in [5.74, 6) is 0.945. The molecule has 0 saturated carbocycles. The number of rotatable bonds is 7. The van der Waals surface area contributed by atoms with Crippen molar-refractivity contribution < 1.29 is 14.3 Å². The molecule has 3 aromatic heterocycles. The van der Waals surface area contributed by atoms with E-state index in [2.05, 4.69) is 36.6 Å². The van der Waals surface area contributed by atoms with Gasteiger partial charge in [0.25, 0.3) is 5.91 Å². The third kappa shape index (κ3) is 4.27. The second-order valence-corrected chi connectivity index (χ2v) is 8.31. The third-order valence-corrected chi connectivity index (χ3v) is 5.76. The summed E-state index contributed by atoms with van der Waals surface area (Å²) in [5.41, 5.74) is 2.59. The maximum Gasteiger partial charge on any atom is 0.287 e. The summed E-state index contributed by atoms with van der Waals surface area (Å²) in [6.45, 7) is 1.07. The van der Waals surface area contributed by atoms with E-state index in [0.29, 0.717) is 47.8 Å². The minimum atomic E-state index is -0.240. The van der Waals surface area contributed by atoms with Gasteiger partial charge in [-0.3, -0.25) is 4.79 Å². The van der Waals surface area contributed by atoms with Crippen molar-refractivity contribution in [1.82, 2.24) is 19.9 Å². The number of phenols is 1. The molecule has 5 aromatic rings. The maximum atomic E-state index is 12.4. The van der Waals surface area contributed by atoms with E-state index >= 15 is 0 Å². The quantitative estimate of drug-likeness (QED) is 0.273. The van der Waals surface area contributed by atoms with Crippen LogP contribution in [0.15, 0.2) is 75.8 Å². The summed E-state index contributed by atoms with van der Waals surface area (Å²) in [6, 6.07) is 18.2. The van der Waals surface area contributed by atoms with Crippen LogP contribution in [-0.4, -0.2) is 38.7 Å². The Bertz CT molecular complexity index is 1430. The summed E-state index contributed by atoms with van der Waals surface area (Å²) in [7, 11) is 0. The number of furan rings is 1. The number of nitrogens with one attached hydrogen (secondary N) is 2. The van der Waals surface area contributed by atoms with Gasteiger partial charge in [0.05, 0.1) is 16.4 Å². The number of amides is 1. The number of phenolic OH excluding ortho intramolecular Hbond substituents is 1. The molecule has 0 saturated heterocycles. The van der Waals surface area contributed by atoms with Crippen LogP contribution in [0.3, 0.4) is 0 Å². The smallest absolute Gasteiger partial charge is 0.287 e. The number of aromatic nitrogens is 3. The van der Waals surface area contributed by atoms with E-state index in [-0.39, 0.29) is 11.7 Å². The number of nitrogens with zero attached hydrogens (tertiary/aromatic N) is 3. The Labute approximate surface area is 197 Å². The molecule has 3 N–H and O–H groups in total. The summed E-state index contributed by atoms with van der Waals surface area (Å²) in [4.78, 5) is 17.0. The SMILES string of the molecule is O=C(NCCCNc1cc(-c2ccccc2O)nc2c(Br)cnn12)c1cc2ccccc2o1. The van der Waals surface area contributed by atoms with Crippen molar-refractivity contribution in [2.45, 2.75) is 6.42 Å². The van der Waals surface area contributed by atoms with Gasteiger partial charge in [-0.2, -0.15) is 9.61 Å². The Balaban J connectivity index is 1.25. The molecule has 5 rings (SSSR count). The highest BCUT2D eigenvalue weighted by Crippen LogP contribution is 2.31. The molecule has 1 amide bonds.